The molecule has 1 fully saturated rings. The zero-order valence-corrected chi connectivity index (χ0v) is 16.8. The van der Waals surface area contributed by atoms with Crippen molar-refractivity contribution in [3.8, 4) is 0 Å². The Morgan fingerprint density at radius 2 is 2.08 bits per heavy atom. The summed E-state index contributed by atoms with van der Waals surface area (Å²) in [5.41, 5.74) is 2.72. The molecule has 1 heterocycles. The van der Waals surface area contributed by atoms with E-state index in [0.717, 1.165) is 44.5 Å². The van der Waals surface area contributed by atoms with Crippen molar-refractivity contribution >= 4 is 5.96 Å². The quantitative estimate of drug-likeness (QED) is 0.404. The summed E-state index contributed by atoms with van der Waals surface area (Å²) in [5.74, 6) is 1.69. The Kier molecular flexibility index (Phi) is 9.50. The third-order valence-electron chi connectivity index (χ3n) is 4.82. The highest BCUT2D eigenvalue weighted by Gasteiger charge is 2.17. The predicted molar refractivity (Wildman–Crippen MR) is 109 cm³/mol. The number of likely N-dealkylation sites (tertiary alicyclic amines) is 1. The zero-order valence-electron chi connectivity index (χ0n) is 16.8. The van der Waals surface area contributed by atoms with E-state index < -0.39 is 0 Å². The van der Waals surface area contributed by atoms with Crippen LogP contribution in [0.15, 0.2) is 29.3 Å². The highest BCUT2D eigenvalue weighted by molar-refractivity contribution is 5.79. The van der Waals surface area contributed by atoms with Crippen LogP contribution >= 0.6 is 0 Å². The molecule has 5 heteroatoms. The van der Waals surface area contributed by atoms with Crippen molar-refractivity contribution in [3.63, 3.8) is 0 Å². The smallest absolute Gasteiger partial charge is 0.191 e. The number of benzene rings is 1. The fourth-order valence-corrected chi connectivity index (χ4v) is 3.47. The van der Waals surface area contributed by atoms with Crippen LogP contribution in [0.4, 0.5) is 0 Å². The monoisotopic (exact) mass is 360 g/mol. The summed E-state index contributed by atoms with van der Waals surface area (Å²) in [4.78, 5) is 7.37. The van der Waals surface area contributed by atoms with E-state index in [9.17, 15) is 0 Å². The minimum absolute atomic E-state index is 0.708. The highest BCUT2D eigenvalue weighted by atomic mass is 16.5. The summed E-state index contributed by atoms with van der Waals surface area (Å²) in [7, 11) is 1.74. The lowest BCUT2D eigenvalue weighted by Crippen LogP contribution is -2.38. The number of hydrogen-bond donors (Lipinski definition) is 2. The second kappa shape index (κ2) is 11.9. The van der Waals surface area contributed by atoms with Crippen molar-refractivity contribution in [2.24, 2.45) is 10.9 Å². The third kappa shape index (κ3) is 7.34. The maximum atomic E-state index is 5.10. The first-order chi connectivity index (χ1) is 12.7. The molecule has 0 bridgehead atoms. The van der Waals surface area contributed by atoms with Crippen molar-refractivity contribution in [1.82, 2.24) is 15.5 Å². The molecule has 1 aliphatic heterocycles. The number of methoxy groups -OCH3 is 1. The van der Waals surface area contributed by atoms with Crippen LogP contribution in [0.3, 0.4) is 0 Å². The van der Waals surface area contributed by atoms with Crippen molar-refractivity contribution in [3.05, 3.63) is 35.4 Å². The van der Waals surface area contributed by atoms with Crippen LogP contribution in [0.25, 0.3) is 0 Å². The summed E-state index contributed by atoms with van der Waals surface area (Å²) in [6.45, 7) is 11.1. The van der Waals surface area contributed by atoms with Crippen LogP contribution < -0.4 is 10.6 Å². The molecule has 0 aliphatic carbocycles. The van der Waals surface area contributed by atoms with Crippen LogP contribution in [-0.2, 0) is 17.8 Å². The van der Waals surface area contributed by atoms with Gasteiger partial charge in [0, 0.05) is 39.9 Å². The molecule has 1 atom stereocenters. The molecule has 1 saturated heterocycles. The van der Waals surface area contributed by atoms with Gasteiger partial charge in [0.15, 0.2) is 5.96 Å². The van der Waals surface area contributed by atoms with E-state index in [4.69, 9.17) is 9.73 Å². The minimum Gasteiger partial charge on any atom is -0.385 e. The standard InChI is InChI=1S/C21H36N4O/c1-4-22-21(23-12-8-14-26-3)24-15-19-10-5-6-11-20(19)17-25-13-7-9-18(2)16-25/h5-6,10-11,18H,4,7-9,12-17H2,1-3H3,(H2,22,23,24). The number of ether oxygens (including phenoxy) is 1. The Morgan fingerprint density at radius 1 is 1.27 bits per heavy atom. The molecule has 0 aromatic heterocycles. The lowest BCUT2D eigenvalue weighted by Gasteiger charge is -2.31. The van der Waals surface area contributed by atoms with Gasteiger partial charge in [0.25, 0.3) is 0 Å². The number of piperidine rings is 1. The van der Waals surface area contributed by atoms with Gasteiger partial charge in [-0.05, 0) is 49.8 Å². The topological polar surface area (TPSA) is 48.9 Å². The third-order valence-corrected chi connectivity index (χ3v) is 4.82. The maximum Gasteiger partial charge on any atom is 0.191 e. The second-order valence-corrected chi connectivity index (χ2v) is 7.22. The molecule has 26 heavy (non-hydrogen) atoms. The molecule has 5 nitrogen and oxygen atoms in total. The lowest BCUT2D eigenvalue weighted by atomic mass is 9.99. The van der Waals surface area contributed by atoms with Crippen LogP contribution in [0, 0.1) is 5.92 Å². The molecule has 0 spiro atoms. The van der Waals surface area contributed by atoms with E-state index in [-0.39, 0.29) is 0 Å². The fraction of sp³-hybridized carbons (Fsp3) is 0.667. The van der Waals surface area contributed by atoms with Gasteiger partial charge in [-0.2, -0.15) is 0 Å². The zero-order chi connectivity index (χ0) is 18.6. The lowest BCUT2D eigenvalue weighted by molar-refractivity contribution is 0.176. The molecular formula is C21H36N4O. The van der Waals surface area contributed by atoms with Gasteiger partial charge in [0.05, 0.1) is 6.54 Å². The molecule has 146 valence electrons. The highest BCUT2D eigenvalue weighted by Crippen LogP contribution is 2.19. The van der Waals surface area contributed by atoms with Gasteiger partial charge in [0.2, 0.25) is 0 Å². The fourth-order valence-electron chi connectivity index (χ4n) is 3.47. The number of nitrogens with zero attached hydrogens (tertiary/aromatic N) is 2. The van der Waals surface area contributed by atoms with Gasteiger partial charge in [-0.25, -0.2) is 4.99 Å². The Hall–Kier alpha value is -1.59. The average molecular weight is 361 g/mol. The molecule has 0 saturated carbocycles. The Balaban J connectivity index is 1.96. The predicted octanol–water partition coefficient (Wildman–Crippen LogP) is 3.01. The van der Waals surface area contributed by atoms with Crippen molar-refractivity contribution in [2.75, 3.05) is 39.9 Å². The van der Waals surface area contributed by atoms with E-state index in [2.05, 4.69) is 53.6 Å². The SMILES string of the molecule is CCNC(=NCc1ccccc1CN1CCCC(C)C1)NCCCOC. The number of guanidine groups is 1. The van der Waals surface area contributed by atoms with E-state index in [0.29, 0.717) is 6.54 Å². The summed E-state index contributed by atoms with van der Waals surface area (Å²) in [5, 5.41) is 6.70. The van der Waals surface area contributed by atoms with Gasteiger partial charge < -0.3 is 15.4 Å². The molecule has 2 N–H and O–H groups in total. The molecule has 1 aromatic carbocycles. The van der Waals surface area contributed by atoms with Gasteiger partial charge >= 0.3 is 0 Å². The van der Waals surface area contributed by atoms with Crippen LogP contribution in [-0.4, -0.2) is 50.8 Å². The molecule has 2 rings (SSSR count). The first-order valence-corrected chi connectivity index (χ1v) is 10.0. The second-order valence-electron chi connectivity index (χ2n) is 7.22. The molecule has 1 unspecified atom stereocenters. The van der Waals surface area contributed by atoms with Crippen LogP contribution in [0.2, 0.25) is 0 Å². The Labute approximate surface area is 159 Å². The van der Waals surface area contributed by atoms with E-state index >= 15 is 0 Å². The first-order valence-electron chi connectivity index (χ1n) is 10.0. The van der Waals surface area contributed by atoms with Crippen molar-refractivity contribution in [1.29, 1.82) is 0 Å². The molecule has 1 aliphatic rings. The largest absolute Gasteiger partial charge is 0.385 e. The van der Waals surface area contributed by atoms with E-state index in [1.807, 2.05) is 0 Å². The molecule has 0 amide bonds. The Morgan fingerprint density at radius 3 is 2.81 bits per heavy atom. The Bertz CT molecular complexity index is 547. The maximum absolute atomic E-state index is 5.10. The van der Waals surface area contributed by atoms with Crippen molar-refractivity contribution in [2.45, 2.75) is 46.2 Å². The molecule has 0 radical (unpaired) electrons. The van der Waals surface area contributed by atoms with Gasteiger partial charge in [-0.3, -0.25) is 4.90 Å². The summed E-state index contributed by atoms with van der Waals surface area (Å²) in [6.07, 6.45) is 3.66. The summed E-state index contributed by atoms with van der Waals surface area (Å²) < 4.78 is 5.10. The van der Waals surface area contributed by atoms with E-state index in [1.165, 1.54) is 37.1 Å². The molecule has 1 aromatic rings. The first kappa shape index (κ1) is 20.7. The van der Waals surface area contributed by atoms with Crippen LogP contribution in [0.5, 0.6) is 0 Å². The number of nitrogens with one attached hydrogen (secondary N) is 2. The average Bonchev–Trinajstić information content (AvgIpc) is 2.64. The number of aliphatic imine (C=N–C) groups is 1. The van der Waals surface area contributed by atoms with Gasteiger partial charge in [0.1, 0.15) is 0 Å². The number of hydrogen-bond acceptors (Lipinski definition) is 3. The summed E-state index contributed by atoms with van der Waals surface area (Å²) in [6, 6.07) is 8.72. The van der Waals surface area contributed by atoms with Gasteiger partial charge in [-0.1, -0.05) is 31.2 Å². The minimum atomic E-state index is 0.708. The summed E-state index contributed by atoms with van der Waals surface area (Å²) >= 11 is 0. The van der Waals surface area contributed by atoms with Crippen LogP contribution in [0.1, 0.15) is 44.2 Å². The van der Waals surface area contributed by atoms with Crippen molar-refractivity contribution < 1.29 is 4.74 Å². The number of rotatable bonds is 9. The normalized spacial score (nSPS) is 18.7. The molecular weight excluding hydrogens is 324 g/mol. The van der Waals surface area contributed by atoms with Gasteiger partial charge in [-0.15, -0.1) is 0 Å². The van der Waals surface area contributed by atoms with E-state index in [1.54, 1.807) is 7.11 Å².